The molecule has 2 saturated heterocycles. The van der Waals surface area contributed by atoms with Crippen molar-refractivity contribution in [3.05, 3.63) is 5.82 Å². The lowest BCUT2D eigenvalue weighted by atomic mass is 10.0. The number of carbonyl (C=O) groups excluding carboxylic acids is 3. The minimum atomic E-state index is -4.89. The van der Waals surface area contributed by atoms with Crippen molar-refractivity contribution >= 4 is 28.2 Å². The van der Waals surface area contributed by atoms with E-state index in [0.29, 0.717) is 5.06 Å². The summed E-state index contributed by atoms with van der Waals surface area (Å²) in [5.41, 5.74) is 4.26. The number of hydrogen-bond acceptors (Lipinski definition) is 10. The Morgan fingerprint density at radius 1 is 1.36 bits per heavy atom. The number of urea groups is 1. The van der Waals surface area contributed by atoms with E-state index in [9.17, 15) is 22.8 Å². The maximum atomic E-state index is 12.3. The van der Waals surface area contributed by atoms with E-state index in [1.807, 2.05) is 0 Å². The second kappa shape index (κ2) is 7.34. The average Bonchev–Trinajstić information content (AvgIpc) is 3.17. The molecule has 3 N–H and O–H groups in total. The molecule has 0 spiro atoms. The molecule has 3 heterocycles. The van der Waals surface area contributed by atoms with E-state index in [2.05, 4.69) is 30.5 Å². The summed E-state index contributed by atoms with van der Waals surface area (Å²) in [6, 6.07) is -0.878. The van der Waals surface area contributed by atoms with Crippen LogP contribution in [-0.4, -0.2) is 79.6 Å². The number of nitrogens with zero attached hydrogens (tertiary/aromatic N) is 7. The molecule has 0 aromatic carbocycles. The van der Waals surface area contributed by atoms with E-state index in [4.69, 9.17) is 9.81 Å². The number of piperidine rings is 1. The van der Waals surface area contributed by atoms with Gasteiger partial charge < -0.3 is 4.90 Å². The van der Waals surface area contributed by atoms with Gasteiger partial charge >= 0.3 is 16.4 Å². The molecule has 16 nitrogen and oxygen atoms in total. The molecular formula is C11H13N9O7S. The molecule has 2 fully saturated rings. The van der Waals surface area contributed by atoms with Gasteiger partial charge in [-0.05, 0) is 18.1 Å². The summed E-state index contributed by atoms with van der Waals surface area (Å²) in [5, 5.41) is 19.5. The molecule has 0 saturated carbocycles. The normalized spacial score (nSPS) is 21.4. The zero-order valence-corrected chi connectivity index (χ0v) is 14.7. The minimum absolute atomic E-state index is 0.0141. The largest absolute Gasteiger partial charge is 0.418 e. The van der Waals surface area contributed by atoms with Crippen LogP contribution in [0.2, 0.25) is 0 Å². The van der Waals surface area contributed by atoms with Gasteiger partial charge in [0, 0.05) is 6.54 Å². The molecule has 2 bridgehead atoms. The molecule has 0 radical (unpaired) electrons. The van der Waals surface area contributed by atoms with Gasteiger partial charge in [0.15, 0.2) is 0 Å². The van der Waals surface area contributed by atoms with Gasteiger partial charge in [-0.15, -0.1) is 9.38 Å². The standard InChI is InChI=1S/C11H13N9O7S/c12-3-8-13-17-19(16-8)5-9(21)14-15-10(22)7-2-1-6-4-18(7)11(23)20(6)27-28(24,25)26/h6-7H,1-2,4-5H2,(H,14,21)(H,15,22)(H,24,25,26). The van der Waals surface area contributed by atoms with Gasteiger partial charge in [-0.1, -0.05) is 5.10 Å². The number of nitriles is 1. The Morgan fingerprint density at radius 3 is 2.75 bits per heavy atom. The Balaban J connectivity index is 1.54. The molecule has 2 aliphatic rings. The molecule has 1 aromatic heterocycles. The molecule has 3 rings (SSSR count). The van der Waals surface area contributed by atoms with Gasteiger partial charge in [0.2, 0.25) is 0 Å². The Kier molecular flexibility index (Phi) is 5.08. The fourth-order valence-corrected chi connectivity index (χ4v) is 3.23. The van der Waals surface area contributed by atoms with E-state index < -0.39 is 46.9 Å². The van der Waals surface area contributed by atoms with Crippen LogP contribution in [-0.2, 0) is 30.8 Å². The maximum absolute atomic E-state index is 12.3. The molecular weight excluding hydrogens is 402 g/mol. The van der Waals surface area contributed by atoms with Crippen molar-refractivity contribution in [2.75, 3.05) is 6.54 Å². The summed E-state index contributed by atoms with van der Waals surface area (Å²) >= 11 is 0. The molecule has 150 valence electrons. The quantitative estimate of drug-likeness (QED) is 0.320. The number of tetrazole rings is 1. The SMILES string of the molecule is N#Cc1nnn(CC(=O)NNC(=O)C2CCC3CN2C(=O)N3OS(=O)(=O)O)n1. The van der Waals surface area contributed by atoms with Crippen molar-refractivity contribution in [2.24, 2.45) is 0 Å². The van der Waals surface area contributed by atoms with Crippen LogP contribution in [0, 0.1) is 11.3 Å². The second-order valence-corrected chi connectivity index (χ2v) is 6.81. The van der Waals surface area contributed by atoms with Gasteiger partial charge in [-0.3, -0.25) is 25.0 Å². The average molecular weight is 415 g/mol. The van der Waals surface area contributed by atoms with E-state index >= 15 is 0 Å². The van der Waals surface area contributed by atoms with Crippen LogP contribution >= 0.6 is 0 Å². The van der Waals surface area contributed by atoms with Crippen molar-refractivity contribution in [1.82, 2.24) is 41.0 Å². The molecule has 2 unspecified atom stereocenters. The Labute approximate surface area is 156 Å². The van der Waals surface area contributed by atoms with Crippen LogP contribution in [0.1, 0.15) is 18.7 Å². The van der Waals surface area contributed by atoms with E-state index in [1.54, 1.807) is 6.07 Å². The van der Waals surface area contributed by atoms with Crippen LogP contribution in [0.25, 0.3) is 0 Å². The van der Waals surface area contributed by atoms with Gasteiger partial charge in [0.25, 0.3) is 17.6 Å². The summed E-state index contributed by atoms with van der Waals surface area (Å²) in [7, 11) is -4.89. The number of nitrogens with one attached hydrogen (secondary N) is 2. The zero-order chi connectivity index (χ0) is 20.5. The summed E-state index contributed by atoms with van der Waals surface area (Å²) < 4.78 is 34.7. The zero-order valence-electron chi connectivity index (χ0n) is 13.9. The topological polar surface area (TPSA) is 213 Å². The number of hydrogen-bond donors (Lipinski definition) is 3. The molecule has 1 aromatic rings. The number of hydrazine groups is 1. The van der Waals surface area contributed by atoms with Crippen molar-refractivity contribution < 1.29 is 31.6 Å². The van der Waals surface area contributed by atoms with Gasteiger partial charge in [0.05, 0.1) is 6.04 Å². The highest BCUT2D eigenvalue weighted by molar-refractivity contribution is 7.80. The van der Waals surface area contributed by atoms with Crippen LogP contribution < -0.4 is 10.9 Å². The highest BCUT2D eigenvalue weighted by Crippen LogP contribution is 2.30. The van der Waals surface area contributed by atoms with Crippen LogP contribution in [0.5, 0.6) is 0 Å². The second-order valence-electron chi connectivity index (χ2n) is 5.80. The van der Waals surface area contributed by atoms with Crippen LogP contribution in [0.3, 0.4) is 0 Å². The number of rotatable bonds is 5. The fraction of sp³-hybridized carbons (Fsp3) is 0.545. The molecule has 17 heteroatoms. The predicted molar refractivity (Wildman–Crippen MR) is 82.2 cm³/mol. The van der Waals surface area contributed by atoms with Gasteiger partial charge in [0.1, 0.15) is 18.7 Å². The van der Waals surface area contributed by atoms with E-state index in [1.165, 1.54) is 0 Å². The Morgan fingerprint density at radius 2 is 2.11 bits per heavy atom. The highest BCUT2D eigenvalue weighted by Gasteiger charge is 2.49. The first kappa shape index (κ1) is 19.4. The summed E-state index contributed by atoms with van der Waals surface area (Å²) in [4.78, 5) is 38.2. The lowest BCUT2D eigenvalue weighted by Gasteiger charge is -2.29. The molecule has 4 amide bonds. The van der Waals surface area contributed by atoms with Crippen molar-refractivity contribution in [3.63, 3.8) is 0 Å². The number of hydroxylamine groups is 2. The first-order chi connectivity index (χ1) is 13.2. The van der Waals surface area contributed by atoms with E-state index in [-0.39, 0.29) is 25.2 Å². The number of amides is 4. The Hall–Kier alpha value is -3.36. The summed E-state index contributed by atoms with van der Waals surface area (Å²) in [6.45, 7) is -0.402. The first-order valence-corrected chi connectivity index (χ1v) is 9.08. The van der Waals surface area contributed by atoms with Crippen molar-refractivity contribution in [1.29, 1.82) is 5.26 Å². The third-order valence-corrected chi connectivity index (χ3v) is 4.31. The molecule has 2 aliphatic heterocycles. The van der Waals surface area contributed by atoms with Gasteiger partial charge in [-0.25, -0.2) is 4.79 Å². The van der Waals surface area contributed by atoms with E-state index in [0.717, 1.165) is 9.70 Å². The predicted octanol–water partition coefficient (Wildman–Crippen LogP) is -3.30. The Bertz CT molecular complexity index is 954. The summed E-state index contributed by atoms with van der Waals surface area (Å²) in [6.07, 6.45) is 0.420. The van der Waals surface area contributed by atoms with Crippen LogP contribution in [0.4, 0.5) is 4.79 Å². The smallest absolute Gasteiger partial charge is 0.309 e. The highest BCUT2D eigenvalue weighted by atomic mass is 32.3. The molecule has 0 aliphatic carbocycles. The first-order valence-electron chi connectivity index (χ1n) is 7.71. The third kappa shape index (κ3) is 4.13. The fourth-order valence-electron chi connectivity index (χ4n) is 2.84. The molecule has 28 heavy (non-hydrogen) atoms. The third-order valence-electron chi connectivity index (χ3n) is 3.96. The lowest BCUT2D eigenvalue weighted by Crippen LogP contribution is -2.54. The molecule has 2 atom stereocenters. The lowest BCUT2D eigenvalue weighted by molar-refractivity contribution is -0.132. The number of carbonyl (C=O) groups is 3. The van der Waals surface area contributed by atoms with Gasteiger partial charge in [-0.2, -0.15) is 23.5 Å². The maximum Gasteiger partial charge on any atom is 0.418 e. The number of fused-ring (bicyclic) bond motifs is 2. The van der Waals surface area contributed by atoms with Crippen molar-refractivity contribution in [2.45, 2.75) is 31.5 Å². The monoisotopic (exact) mass is 415 g/mol. The summed E-state index contributed by atoms with van der Waals surface area (Å²) in [5.74, 6) is -1.65. The number of aromatic nitrogens is 4. The van der Waals surface area contributed by atoms with Crippen LogP contribution in [0.15, 0.2) is 0 Å². The minimum Gasteiger partial charge on any atom is -0.309 e. The van der Waals surface area contributed by atoms with Crippen molar-refractivity contribution in [3.8, 4) is 6.07 Å².